The van der Waals surface area contributed by atoms with Gasteiger partial charge >= 0.3 is 5.97 Å². The number of likely N-dealkylation sites (N-methyl/N-ethyl adjacent to an activating group) is 1. The lowest BCUT2D eigenvalue weighted by Crippen LogP contribution is -2.22. The number of benzene rings is 1. The topological polar surface area (TPSA) is 92.7 Å². The van der Waals surface area contributed by atoms with Gasteiger partial charge in [-0.25, -0.2) is 9.18 Å². The number of methoxy groups -OCH3 is 1. The highest BCUT2D eigenvalue weighted by Crippen LogP contribution is 2.30. The zero-order valence-corrected chi connectivity index (χ0v) is 27.2. The Morgan fingerprint density at radius 1 is 1.09 bits per heavy atom. The Kier molecular flexibility index (Phi) is 13.8. The van der Waals surface area contributed by atoms with Gasteiger partial charge in [0, 0.05) is 77.2 Å². The summed E-state index contributed by atoms with van der Waals surface area (Å²) < 4.78 is 31.4. The Morgan fingerprint density at radius 2 is 1.89 bits per heavy atom. The van der Waals surface area contributed by atoms with Gasteiger partial charge in [0.1, 0.15) is 18.2 Å². The van der Waals surface area contributed by atoms with Crippen LogP contribution >= 0.6 is 0 Å². The third-order valence-corrected chi connectivity index (χ3v) is 7.18. The van der Waals surface area contributed by atoms with Gasteiger partial charge in [-0.3, -0.25) is 9.79 Å². The van der Waals surface area contributed by atoms with E-state index in [9.17, 15) is 9.59 Å². The van der Waals surface area contributed by atoms with Gasteiger partial charge in [0.15, 0.2) is 0 Å². The average Bonchev–Trinajstić information content (AvgIpc) is 3.35. The maximum absolute atomic E-state index is 15.0. The highest BCUT2D eigenvalue weighted by Gasteiger charge is 2.15. The van der Waals surface area contributed by atoms with Crippen molar-refractivity contribution in [2.45, 2.75) is 40.0 Å². The fourth-order valence-corrected chi connectivity index (χ4v) is 4.68. The molecule has 45 heavy (non-hydrogen) atoms. The van der Waals surface area contributed by atoms with Crippen molar-refractivity contribution in [3.05, 3.63) is 94.3 Å². The first-order valence-electron chi connectivity index (χ1n) is 15.2. The minimum atomic E-state index is -0.452. The van der Waals surface area contributed by atoms with Crippen molar-refractivity contribution < 1.29 is 28.2 Å². The molecule has 1 aromatic carbocycles. The fraction of sp³-hybridized carbons (Fsp3) is 0.400. The number of anilines is 1. The molecular formula is C35H45FN4O5. The molecule has 0 fully saturated rings. The fourth-order valence-electron chi connectivity index (χ4n) is 4.68. The van der Waals surface area contributed by atoms with E-state index in [4.69, 9.17) is 14.2 Å². The van der Waals surface area contributed by atoms with Crippen LogP contribution in [0.1, 0.15) is 50.4 Å². The molecule has 0 atom stereocenters. The Bertz CT molecular complexity index is 1440. The van der Waals surface area contributed by atoms with Crippen molar-refractivity contribution in [3.8, 4) is 0 Å². The number of halogens is 1. The Morgan fingerprint density at radius 3 is 2.60 bits per heavy atom. The maximum Gasteiger partial charge on any atom is 0.337 e. The third kappa shape index (κ3) is 10.9. The second-order valence-electron chi connectivity index (χ2n) is 10.7. The van der Waals surface area contributed by atoms with Crippen LogP contribution in [0.5, 0.6) is 0 Å². The summed E-state index contributed by atoms with van der Waals surface area (Å²) >= 11 is 0. The number of carbonyl (C=O) groups excluding carboxylic acids is 2. The first kappa shape index (κ1) is 35.0. The highest BCUT2D eigenvalue weighted by atomic mass is 19.1. The van der Waals surface area contributed by atoms with E-state index in [0.717, 1.165) is 35.6 Å². The molecule has 0 radical (unpaired) electrons. The number of rotatable bonds is 15. The number of esters is 1. The number of aliphatic imine (C=N–C) groups is 1. The first-order valence-corrected chi connectivity index (χ1v) is 15.2. The number of nitrogens with zero attached hydrogens (tertiary/aromatic N) is 3. The van der Waals surface area contributed by atoms with E-state index in [-0.39, 0.29) is 24.8 Å². The summed E-state index contributed by atoms with van der Waals surface area (Å²) in [5.74, 6) is -0.534. The molecule has 0 aliphatic heterocycles. The van der Waals surface area contributed by atoms with Crippen molar-refractivity contribution in [1.82, 2.24) is 10.2 Å². The van der Waals surface area contributed by atoms with Crippen molar-refractivity contribution in [3.63, 3.8) is 0 Å². The van der Waals surface area contributed by atoms with E-state index >= 15 is 4.39 Å². The van der Waals surface area contributed by atoms with E-state index in [1.807, 2.05) is 38.3 Å². The Balaban J connectivity index is 1.80. The summed E-state index contributed by atoms with van der Waals surface area (Å²) in [7, 11) is 5.02. The number of hydrogen-bond acceptors (Lipinski definition) is 8. The second-order valence-corrected chi connectivity index (χ2v) is 10.7. The number of carbonyl (C=O) groups is 2. The number of hydrogen-bond donors (Lipinski definition) is 1. The van der Waals surface area contributed by atoms with Crippen molar-refractivity contribution in [2.75, 3.05) is 59.0 Å². The lowest BCUT2D eigenvalue weighted by molar-refractivity contribution is -0.125. The predicted molar refractivity (Wildman–Crippen MR) is 177 cm³/mol. The minimum Gasteiger partial charge on any atom is -0.489 e. The van der Waals surface area contributed by atoms with E-state index in [1.54, 1.807) is 42.4 Å². The third-order valence-electron chi connectivity index (χ3n) is 7.18. The summed E-state index contributed by atoms with van der Waals surface area (Å²) in [6, 6.07) is 5.23. The molecule has 0 aromatic heterocycles. The van der Waals surface area contributed by atoms with E-state index in [1.165, 1.54) is 20.1 Å². The predicted octanol–water partition coefficient (Wildman–Crippen LogP) is 6.31. The van der Waals surface area contributed by atoms with E-state index in [2.05, 4.69) is 22.1 Å². The van der Waals surface area contributed by atoms with Gasteiger partial charge in [-0.1, -0.05) is 13.0 Å². The van der Waals surface area contributed by atoms with Crippen molar-refractivity contribution in [1.29, 1.82) is 0 Å². The normalized spacial score (nSPS) is 15.0. The SMILES string of the molecule is CCCN(C)c1ccc(C(=O)OC)cc1N=CC1=CC=C(OCC2=CC(N(C)C(C)=O)=CC=C(NCCOCC)C2)C=C(F)C1. The zero-order chi connectivity index (χ0) is 32.8. The van der Waals surface area contributed by atoms with Gasteiger partial charge in [0.2, 0.25) is 5.91 Å². The summed E-state index contributed by atoms with van der Waals surface area (Å²) in [4.78, 5) is 32.5. The highest BCUT2D eigenvalue weighted by molar-refractivity contribution is 5.93. The number of ether oxygens (including phenoxy) is 3. The molecule has 242 valence electrons. The molecule has 0 bridgehead atoms. The van der Waals surface area contributed by atoms with Crippen LogP contribution in [0.4, 0.5) is 15.8 Å². The van der Waals surface area contributed by atoms with Crippen LogP contribution in [0.3, 0.4) is 0 Å². The van der Waals surface area contributed by atoms with Crippen LogP contribution in [0.2, 0.25) is 0 Å². The van der Waals surface area contributed by atoms with Crippen molar-refractivity contribution >= 4 is 29.5 Å². The molecule has 2 aliphatic carbocycles. The van der Waals surface area contributed by atoms with Gasteiger partial charge in [0.05, 0.1) is 30.7 Å². The van der Waals surface area contributed by atoms with Gasteiger partial charge in [-0.15, -0.1) is 0 Å². The molecule has 9 nitrogen and oxygen atoms in total. The quantitative estimate of drug-likeness (QED) is 0.140. The van der Waals surface area contributed by atoms with Crippen LogP contribution < -0.4 is 10.2 Å². The molecule has 0 saturated heterocycles. The zero-order valence-electron chi connectivity index (χ0n) is 27.2. The molecule has 10 heteroatoms. The van der Waals surface area contributed by atoms with Crippen LogP contribution in [0, 0.1) is 0 Å². The average molecular weight is 621 g/mol. The standard InChI is InChI=1S/C35H45FN4O5/c1-7-16-39(4)34-14-10-28(35(42)43-6)21-33(34)38-23-26-9-13-32(22-29(36)18-26)45-24-27-19-30(37-15-17-44-8-2)11-12-31(20-27)40(5)25(3)41/h9-14,20-23,37H,7-8,15-19,24H2,1-6H3. The molecule has 0 heterocycles. The van der Waals surface area contributed by atoms with Crippen molar-refractivity contribution in [2.24, 2.45) is 4.99 Å². The van der Waals surface area contributed by atoms with E-state index in [0.29, 0.717) is 48.8 Å². The van der Waals surface area contributed by atoms with Crippen LogP contribution in [-0.4, -0.2) is 77.1 Å². The van der Waals surface area contributed by atoms with E-state index < -0.39 is 5.97 Å². The Labute approximate surface area is 266 Å². The molecular weight excluding hydrogens is 575 g/mol. The summed E-state index contributed by atoms with van der Waals surface area (Å²) in [5, 5.41) is 3.39. The minimum absolute atomic E-state index is 0.0410. The maximum atomic E-state index is 15.0. The van der Waals surface area contributed by atoms with Crippen LogP contribution in [0.15, 0.2) is 93.8 Å². The summed E-state index contributed by atoms with van der Waals surface area (Å²) in [5.41, 5.74) is 5.08. The van der Waals surface area contributed by atoms with Gasteiger partial charge < -0.3 is 29.3 Å². The molecule has 0 unspecified atom stereocenters. The van der Waals surface area contributed by atoms with Crippen LogP contribution in [0.25, 0.3) is 0 Å². The lowest BCUT2D eigenvalue weighted by atomic mass is 10.1. The molecule has 0 spiro atoms. The Hall–Kier alpha value is -4.44. The molecule has 1 amide bonds. The van der Waals surface area contributed by atoms with Gasteiger partial charge in [0.25, 0.3) is 0 Å². The summed E-state index contributed by atoms with van der Waals surface area (Å²) in [6.45, 7) is 8.44. The smallest absolute Gasteiger partial charge is 0.337 e. The lowest BCUT2D eigenvalue weighted by Gasteiger charge is -2.20. The number of nitrogens with one attached hydrogen (secondary N) is 1. The molecule has 2 aliphatic rings. The molecule has 3 rings (SSSR count). The largest absolute Gasteiger partial charge is 0.489 e. The number of amides is 1. The first-order chi connectivity index (χ1) is 21.6. The molecule has 0 saturated carbocycles. The monoisotopic (exact) mass is 620 g/mol. The second kappa shape index (κ2) is 17.8. The molecule has 1 aromatic rings. The van der Waals surface area contributed by atoms with Crippen LogP contribution in [-0.2, 0) is 19.0 Å². The number of allylic oxidation sites excluding steroid dienone is 9. The van der Waals surface area contributed by atoms with Gasteiger partial charge in [-0.05, 0) is 67.0 Å². The van der Waals surface area contributed by atoms with Gasteiger partial charge in [-0.2, -0.15) is 0 Å². The summed E-state index contributed by atoms with van der Waals surface area (Å²) in [6.07, 6.45) is 13.8. The molecule has 1 N–H and O–H groups in total.